The van der Waals surface area contributed by atoms with E-state index < -0.39 is 16.1 Å². The van der Waals surface area contributed by atoms with E-state index in [-0.39, 0.29) is 29.2 Å². The molecule has 36 heavy (non-hydrogen) atoms. The second-order valence-corrected chi connectivity index (χ2v) is 10.6. The summed E-state index contributed by atoms with van der Waals surface area (Å²) >= 11 is 0. The van der Waals surface area contributed by atoms with Crippen molar-refractivity contribution in [3.63, 3.8) is 0 Å². The maximum atomic E-state index is 13.2. The largest absolute Gasteiger partial charge is 0.427 e. The lowest BCUT2D eigenvalue weighted by Gasteiger charge is -2.26. The zero-order chi connectivity index (χ0) is 25.6. The molecule has 188 valence electrons. The zero-order valence-electron chi connectivity index (χ0n) is 20.2. The minimum absolute atomic E-state index is 0.0928. The molecule has 2 heterocycles. The number of benzene rings is 2. The normalized spacial score (nSPS) is 16.6. The van der Waals surface area contributed by atoms with Crippen LogP contribution in [0.3, 0.4) is 0 Å². The summed E-state index contributed by atoms with van der Waals surface area (Å²) in [7, 11) is 1.04. The number of amidine groups is 1. The van der Waals surface area contributed by atoms with E-state index in [0.29, 0.717) is 11.1 Å². The molecule has 1 amide bonds. The van der Waals surface area contributed by atoms with Crippen LogP contribution in [-0.4, -0.2) is 66.7 Å². The van der Waals surface area contributed by atoms with Crippen molar-refractivity contribution in [1.29, 1.82) is 0 Å². The fourth-order valence-electron chi connectivity index (χ4n) is 4.28. The standard InChI is InChI=1S/C24H26N6O5S/c1-27(2)24(32)35-15-29-19-12-11-16(13-20(19)30(23(29)31)17-7-6-8-17)14-25-28(3)22-18-9-4-5-10-21(18)36(33,34)26-22/h4-5,9-14,17H,6-8,15H2,1-3H3/b25-14+. The fourth-order valence-corrected chi connectivity index (χ4v) is 5.51. The molecule has 0 unspecified atom stereocenters. The lowest BCUT2D eigenvalue weighted by atomic mass is 9.93. The van der Waals surface area contributed by atoms with Gasteiger partial charge in [-0.05, 0) is 49.1 Å². The third-order valence-electron chi connectivity index (χ3n) is 6.41. The average Bonchev–Trinajstić information content (AvgIpc) is 3.25. The second kappa shape index (κ2) is 8.94. The van der Waals surface area contributed by atoms with Crippen LogP contribution < -0.4 is 5.69 Å². The molecule has 2 aromatic carbocycles. The molecule has 0 saturated heterocycles. The summed E-state index contributed by atoms with van der Waals surface area (Å²) in [5.74, 6) is 0.239. The lowest BCUT2D eigenvalue weighted by molar-refractivity contribution is 0.0886. The number of sulfonamides is 1. The number of carbonyl (C=O) groups is 1. The molecule has 0 N–H and O–H groups in total. The molecule has 3 aromatic rings. The van der Waals surface area contributed by atoms with Gasteiger partial charge in [-0.3, -0.25) is 9.13 Å². The molecule has 5 rings (SSSR count). The lowest BCUT2D eigenvalue weighted by Crippen LogP contribution is -2.32. The molecule has 1 saturated carbocycles. The molecular formula is C24H26N6O5S. The van der Waals surface area contributed by atoms with Crippen molar-refractivity contribution in [2.75, 3.05) is 21.1 Å². The Morgan fingerprint density at radius 1 is 1.17 bits per heavy atom. The molecule has 1 fully saturated rings. The molecule has 1 aliphatic heterocycles. The van der Waals surface area contributed by atoms with Crippen LogP contribution >= 0.6 is 0 Å². The van der Waals surface area contributed by atoms with E-state index in [9.17, 15) is 18.0 Å². The Bertz CT molecular complexity index is 1580. The van der Waals surface area contributed by atoms with Gasteiger partial charge in [-0.15, -0.1) is 4.40 Å². The molecule has 12 heteroatoms. The van der Waals surface area contributed by atoms with E-state index in [1.54, 1.807) is 62.3 Å². The third-order valence-corrected chi connectivity index (χ3v) is 7.73. The molecule has 0 bridgehead atoms. The summed E-state index contributed by atoms with van der Waals surface area (Å²) in [6.45, 7) is -0.185. The molecule has 0 atom stereocenters. The van der Waals surface area contributed by atoms with E-state index >= 15 is 0 Å². The quantitative estimate of drug-likeness (QED) is 0.385. The van der Waals surface area contributed by atoms with Crippen molar-refractivity contribution in [2.45, 2.75) is 36.9 Å². The first-order valence-corrected chi connectivity index (χ1v) is 12.9. The first-order valence-electron chi connectivity index (χ1n) is 11.5. The minimum atomic E-state index is -3.75. The highest BCUT2D eigenvalue weighted by Gasteiger charge is 2.30. The SMILES string of the molecule is CN(C)C(=O)OCn1c(=O)n(C2CCC2)c2cc(/C=N/N(C)C3=NS(=O)(=O)c4ccccc43)ccc21. The van der Waals surface area contributed by atoms with E-state index in [1.165, 1.54) is 20.5 Å². The van der Waals surface area contributed by atoms with Crippen LogP contribution in [0.1, 0.15) is 36.4 Å². The van der Waals surface area contributed by atoms with Gasteiger partial charge >= 0.3 is 11.8 Å². The van der Waals surface area contributed by atoms with Gasteiger partial charge < -0.3 is 9.64 Å². The Morgan fingerprint density at radius 3 is 2.61 bits per heavy atom. The van der Waals surface area contributed by atoms with Crippen LogP contribution in [-0.2, 0) is 21.5 Å². The van der Waals surface area contributed by atoms with Gasteiger partial charge in [0, 0.05) is 32.7 Å². The predicted octanol–water partition coefficient (Wildman–Crippen LogP) is 2.60. The summed E-state index contributed by atoms with van der Waals surface area (Å²) in [6, 6.07) is 12.2. The Kier molecular flexibility index (Phi) is 5.91. The van der Waals surface area contributed by atoms with E-state index in [1.807, 2.05) is 6.07 Å². The number of amides is 1. The number of carbonyl (C=O) groups excluding carboxylic acids is 1. The molecule has 0 spiro atoms. The molecule has 11 nitrogen and oxygen atoms in total. The molecule has 1 aromatic heterocycles. The second-order valence-electron chi connectivity index (χ2n) is 9.00. The first kappa shape index (κ1) is 23.8. The monoisotopic (exact) mass is 510 g/mol. The topological polar surface area (TPSA) is 119 Å². The maximum Gasteiger partial charge on any atom is 0.410 e. The summed E-state index contributed by atoms with van der Waals surface area (Å²) in [6.07, 6.45) is 3.93. The Balaban J connectivity index is 1.47. The fraction of sp³-hybridized carbons (Fsp3) is 0.333. The number of nitrogens with zero attached hydrogens (tertiary/aromatic N) is 6. The number of imidazole rings is 1. The van der Waals surface area contributed by atoms with Gasteiger partial charge in [-0.25, -0.2) is 14.6 Å². The van der Waals surface area contributed by atoms with Crippen LogP contribution in [0.25, 0.3) is 11.0 Å². The van der Waals surface area contributed by atoms with Crippen LogP contribution in [0.4, 0.5) is 4.79 Å². The molecule has 2 aliphatic rings. The summed E-state index contributed by atoms with van der Waals surface area (Å²) < 4.78 is 37.1. The van der Waals surface area contributed by atoms with Crippen molar-refractivity contribution in [3.05, 3.63) is 64.1 Å². The minimum Gasteiger partial charge on any atom is -0.427 e. The van der Waals surface area contributed by atoms with Gasteiger partial charge in [0.05, 0.1) is 17.2 Å². The van der Waals surface area contributed by atoms with Crippen molar-refractivity contribution >= 4 is 39.2 Å². The predicted molar refractivity (Wildman–Crippen MR) is 135 cm³/mol. The molecular weight excluding hydrogens is 484 g/mol. The van der Waals surface area contributed by atoms with Gasteiger partial charge in [0.15, 0.2) is 12.6 Å². The van der Waals surface area contributed by atoms with Gasteiger partial charge in [-0.1, -0.05) is 18.2 Å². The van der Waals surface area contributed by atoms with Crippen LogP contribution in [0.2, 0.25) is 0 Å². The number of hydrogen-bond acceptors (Lipinski definition) is 7. The molecule has 1 aliphatic carbocycles. The smallest absolute Gasteiger partial charge is 0.410 e. The zero-order valence-corrected chi connectivity index (χ0v) is 21.0. The highest BCUT2D eigenvalue weighted by molar-refractivity contribution is 7.90. The summed E-state index contributed by atoms with van der Waals surface area (Å²) in [5.41, 5.74) is 2.37. The number of rotatable bonds is 5. The van der Waals surface area contributed by atoms with E-state index in [2.05, 4.69) is 9.50 Å². The summed E-state index contributed by atoms with van der Waals surface area (Å²) in [5, 5.41) is 5.82. The number of aromatic nitrogens is 2. The first-order chi connectivity index (χ1) is 17.2. The number of hydrazone groups is 1. The summed E-state index contributed by atoms with van der Waals surface area (Å²) in [4.78, 5) is 26.6. The Labute approximate surface area is 207 Å². The van der Waals surface area contributed by atoms with Gasteiger partial charge in [0.25, 0.3) is 10.0 Å². The van der Waals surface area contributed by atoms with Crippen LogP contribution in [0.5, 0.6) is 0 Å². The van der Waals surface area contributed by atoms with Crippen molar-refractivity contribution < 1.29 is 17.9 Å². The van der Waals surface area contributed by atoms with E-state index in [0.717, 1.165) is 30.3 Å². The van der Waals surface area contributed by atoms with Gasteiger partial charge in [-0.2, -0.15) is 13.5 Å². The number of ether oxygens (including phenoxy) is 1. The molecule has 0 radical (unpaired) electrons. The highest BCUT2D eigenvalue weighted by Crippen LogP contribution is 2.33. The van der Waals surface area contributed by atoms with Crippen molar-refractivity contribution in [2.24, 2.45) is 9.50 Å². The van der Waals surface area contributed by atoms with Crippen molar-refractivity contribution in [3.8, 4) is 0 Å². The number of hydrogen-bond donors (Lipinski definition) is 0. The number of fused-ring (bicyclic) bond motifs is 2. The van der Waals surface area contributed by atoms with Crippen LogP contribution in [0, 0.1) is 0 Å². The highest BCUT2D eigenvalue weighted by atomic mass is 32.2. The average molecular weight is 511 g/mol. The van der Waals surface area contributed by atoms with Crippen molar-refractivity contribution in [1.82, 2.24) is 19.0 Å². The Hall–Kier alpha value is -3.93. The maximum absolute atomic E-state index is 13.2. The van der Waals surface area contributed by atoms with E-state index in [4.69, 9.17) is 4.74 Å². The van der Waals surface area contributed by atoms with Gasteiger partial charge in [0.1, 0.15) is 4.90 Å². The Morgan fingerprint density at radius 2 is 1.92 bits per heavy atom. The van der Waals surface area contributed by atoms with Crippen LogP contribution in [0.15, 0.2) is 61.7 Å². The third kappa shape index (κ3) is 4.06. The van der Waals surface area contributed by atoms with Gasteiger partial charge in [0.2, 0.25) is 0 Å².